The van der Waals surface area contributed by atoms with Gasteiger partial charge in [-0.2, -0.15) is 0 Å². The first-order valence-corrected chi connectivity index (χ1v) is 12.3. The molecule has 5 rings (SSSR count). The second kappa shape index (κ2) is 9.66. The number of carbonyl (C=O) groups is 1. The number of furan rings is 1. The van der Waals surface area contributed by atoms with E-state index in [0.29, 0.717) is 18.2 Å². The van der Waals surface area contributed by atoms with Crippen LogP contribution in [0.1, 0.15) is 34.7 Å². The highest BCUT2D eigenvalue weighted by Gasteiger charge is 2.24. The molecule has 3 heterocycles. The molecule has 1 aromatic carbocycles. The van der Waals surface area contributed by atoms with Crippen LogP contribution in [-0.4, -0.2) is 36.9 Å². The van der Waals surface area contributed by atoms with Crippen LogP contribution in [0.25, 0.3) is 0 Å². The second-order valence-electron chi connectivity index (χ2n) is 7.53. The molecule has 0 aliphatic heterocycles. The average molecular weight is 467 g/mol. The summed E-state index contributed by atoms with van der Waals surface area (Å²) in [6.45, 7) is 0.910. The van der Waals surface area contributed by atoms with Gasteiger partial charge in [0, 0.05) is 4.88 Å². The van der Waals surface area contributed by atoms with Gasteiger partial charge in [-0.05, 0) is 53.8 Å². The summed E-state index contributed by atoms with van der Waals surface area (Å²) in [4.78, 5) is 21.3. The molecule has 32 heavy (non-hydrogen) atoms. The van der Waals surface area contributed by atoms with E-state index in [2.05, 4.69) is 15.5 Å². The van der Waals surface area contributed by atoms with Gasteiger partial charge in [0.25, 0.3) is 0 Å². The van der Waals surface area contributed by atoms with Crippen LogP contribution in [0.5, 0.6) is 0 Å². The fourth-order valence-electron chi connectivity index (χ4n) is 3.64. The van der Waals surface area contributed by atoms with Crippen molar-refractivity contribution in [2.45, 2.75) is 43.9 Å². The lowest BCUT2D eigenvalue weighted by molar-refractivity contribution is -0.116. The third-order valence-electron chi connectivity index (χ3n) is 5.26. The summed E-state index contributed by atoms with van der Waals surface area (Å²) in [7, 11) is 0. The molecule has 4 aromatic rings. The Labute approximate surface area is 193 Å². The molecular weight excluding hydrogens is 444 g/mol. The number of carbonyl (C=O) groups excluding carboxylic acids is 1. The lowest BCUT2D eigenvalue weighted by atomic mass is 10.0. The Morgan fingerprint density at radius 3 is 2.84 bits per heavy atom. The van der Waals surface area contributed by atoms with Gasteiger partial charge in [0.15, 0.2) is 5.13 Å². The predicted molar refractivity (Wildman–Crippen MR) is 123 cm³/mol. The van der Waals surface area contributed by atoms with E-state index in [1.54, 1.807) is 27.2 Å². The van der Waals surface area contributed by atoms with Crippen molar-refractivity contribution >= 4 is 34.1 Å². The molecule has 0 N–H and O–H groups in total. The highest BCUT2D eigenvalue weighted by molar-refractivity contribution is 7.99. The molecule has 0 unspecified atom stereocenters. The number of fused-ring (bicyclic) bond motifs is 1. The fraction of sp³-hybridized carbons (Fsp3) is 0.318. The number of hydrogen-bond acceptors (Lipinski definition) is 8. The summed E-state index contributed by atoms with van der Waals surface area (Å²) in [5, 5.41) is 13.2. The van der Waals surface area contributed by atoms with Crippen LogP contribution < -0.4 is 4.90 Å². The summed E-state index contributed by atoms with van der Waals surface area (Å²) in [5.74, 6) is 0.956. The zero-order valence-electron chi connectivity index (χ0n) is 17.4. The van der Waals surface area contributed by atoms with Crippen molar-refractivity contribution in [3.8, 4) is 0 Å². The number of thiazole rings is 1. The number of thioether (sulfide) groups is 1. The minimum Gasteiger partial charge on any atom is -0.467 e. The zero-order valence-corrected chi connectivity index (χ0v) is 19.0. The molecule has 0 saturated carbocycles. The third kappa shape index (κ3) is 4.76. The summed E-state index contributed by atoms with van der Waals surface area (Å²) in [6.07, 6.45) is 6.02. The summed E-state index contributed by atoms with van der Waals surface area (Å²) >= 11 is 2.97. The number of amides is 1. The van der Waals surface area contributed by atoms with Crippen molar-refractivity contribution in [1.29, 1.82) is 0 Å². The van der Waals surface area contributed by atoms with E-state index in [9.17, 15) is 4.79 Å². The molecule has 0 saturated heterocycles. The maximum atomic E-state index is 13.4. The SMILES string of the molecule is O=C(CSc1nnnn1Cc1ccco1)N(Cc1ccccc1)c1nc2c(s1)CCCC2. The molecule has 0 radical (unpaired) electrons. The van der Waals surface area contributed by atoms with E-state index in [0.717, 1.165) is 41.4 Å². The molecule has 3 aromatic heterocycles. The number of nitrogens with zero attached hydrogens (tertiary/aromatic N) is 6. The van der Waals surface area contributed by atoms with Gasteiger partial charge >= 0.3 is 0 Å². The van der Waals surface area contributed by atoms with Gasteiger partial charge in [-0.25, -0.2) is 9.67 Å². The molecule has 10 heteroatoms. The van der Waals surface area contributed by atoms with E-state index in [1.807, 2.05) is 42.5 Å². The first kappa shape index (κ1) is 20.9. The number of tetrazole rings is 1. The first-order valence-electron chi connectivity index (χ1n) is 10.5. The van der Waals surface area contributed by atoms with Crippen LogP contribution in [0.3, 0.4) is 0 Å². The quantitative estimate of drug-likeness (QED) is 0.363. The smallest absolute Gasteiger partial charge is 0.239 e. The lowest BCUT2D eigenvalue weighted by Gasteiger charge is -2.20. The Balaban J connectivity index is 1.33. The van der Waals surface area contributed by atoms with Crippen LogP contribution in [0.2, 0.25) is 0 Å². The standard InChI is InChI=1S/C22H22N6O2S2/c29-20(15-31-22-24-25-26-28(22)14-17-9-6-12-30-17)27(13-16-7-2-1-3-8-16)21-23-18-10-4-5-11-19(18)32-21/h1-3,6-9,12H,4-5,10-11,13-15H2. The Bertz CT molecular complexity index is 1150. The maximum Gasteiger partial charge on any atom is 0.239 e. The van der Waals surface area contributed by atoms with Gasteiger partial charge < -0.3 is 4.42 Å². The molecule has 1 aliphatic rings. The molecular formula is C22H22N6O2S2. The van der Waals surface area contributed by atoms with Crippen LogP contribution >= 0.6 is 23.1 Å². The number of aryl methyl sites for hydroxylation is 2. The third-order valence-corrected chi connectivity index (χ3v) is 7.38. The highest BCUT2D eigenvalue weighted by atomic mass is 32.2. The normalized spacial score (nSPS) is 13.1. The minimum absolute atomic E-state index is 0.0162. The number of rotatable bonds is 8. The van der Waals surface area contributed by atoms with Gasteiger partial charge in [-0.3, -0.25) is 9.69 Å². The van der Waals surface area contributed by atoms with Crippen molar-refractivity contribution in [3.05, 3.63) is 70.6 Å². The van der Waals surface area contributed by atoms with Crippen LogP contribution in [0, 0.1) is 0 Å². The fourth-order valence-corrected chi connectivity index (χ4v) is 5.55. The largest absolute Gasteiger partial charge is 0.467 e. The Kier molecular flexibility index (Phi) is 6.31. The predicted octanol–water partition coefficient (Wildman–Crippen LogP) is 3.98. The Morgan fingerprint density at radius 1 is 1.16 bits per heavy atom. The molecule has 8 nitrogen and oxygen atoms in total. The molecule has 164 valence electrons. The molecule has 0 atom stereocenters. The molecule has 0 bridgehead atoms. The highest BCUT2D eigenvalue weighted by Crippen LogP contribution is 2.33. The average Bonchev–Trinajstić information content (AvgIpc) is 3.58. The van der Waals surface area contributed by atoms with Gasteiger partial charge in [-0.15, -0.1) is 16.4 Å². The summed E-state index contributed by atoms with van der Waals surface area (Å²) < 4.78 is 7.02. The number of hydrogen-bond donors (Lipinski definition) is 0. The van der Waals surface area contributed by atoms with Crippen LogP contribution in [0.4, 0.5) is 5.13 Å². The van der Waals surface area contributed by atoms with Gasteiger partial charge in [-0.1, -0.05) is 42.1 Å². The van der Waals surface area contributed by atoms with Crippen LogP contribution in [-0.2, 0) is 30.7 Å². The van der Waals surface area contributed by atoms with Crippen molar-refractivity contribution in [2.24, 2.45) is 0 Å². The van der Waals surface area contributed by atoms with Gasteiger partial charge in [0.1, 0.15) is 12.3 Å². The summed E-state index contributed by atoms with van der Waals surface area (Å²) in [6, 6.07) is 13.7. The zero-order chi connectivity index (χ0) is 21.8. The van der Waals surface area contributed by atoms with E-state index in [-0.39, 0.29) is 11.7 Å². The minimum atomic E-state index is -0.0162. The number of benzene rings is 1. The molecule has 1 amide bonds. The van der Waals surface area contributed by atoms with Crippen molar-refractivity contribution in [2.75, 3.05) is 10.7 Å². The van der Waals surface area contributed by atoms with Crippen molar-refractivity contribution in [3.63, 3.8) is 0 Å². The van der Waals surface area contributed by atoms with Crippen molar-refractivity contribution in [1.82, 2.24) is 25.2 Å². The van der Waals surface area contributed by atoms with Crippen LogP contribution in [0.15, 0.2) is 58.3 Å². The molecule has 0 spiro atoms. The number of anilines is 1. The first-order chi connectivity index (χ1) is 15.8. The van der Waals surface area contributed by atoms with Crippen molar-refractivity contribution < 1.29 is 9.21 Å². The van der Waals surface area contributed by atoms with E-state index < -0.39 is 0 Å². The molecule has 1 aliphatic carbocycles. The Morgan fingerprint density at radius 2 is 2.03 bits per heavy atom. The Hall–Kier alpha value is -2.98. The van der Waals surface area contributed by atoms with E-state index in [4.69, 9.17) is 9.40 Å². The monoisotopic (exact) mass is 466 g/mol. The molecule has 0 fully saturated rings. The number of aromatic nitrogens is 5. The second-order valence-corrected chi connectivity index (χ2v) is 9.53. The van der Waals surface area contributed by atoms with Gasteiger partial charge in [0.05, 0.1) is 24.3 Å². The lowest BCUT2D eigenvalue weighted by Crippen LogP contribution is -2.32. The topological polar surface area (TPSA) is 89.9 Å². The maximum absolute atomic E-state index is 13.4. The van der Waals surface area contributed by atoms with E-state index >= 15 is 0 Å². The van der Waals surface area contributed by atoms with Gasteiger partial charge in [0.2, 0.25) is 11.1 Å². The van der Waals surface area contributed by atoms with E-state index in [1.165, 1.54) is 23.1 Å². The summed E-state index contributed by atoms with van der Waals surface area (Å²) in [5.41, 5.74) is 2.22.